The van der Waals surface area contributed by atoms with Crippen LogP contribution in [0.15, 0.2) is 54.6 Å². The second kappa shape index (κ2) is 6.02. The number of ether oxygens (including phenoxy) is 1. The number of hydrogen-bond donors (Lipinski definition) is 1. The number of anilines is 1. The van der Waals surface area contributed by atoms with Crippen LogP contribution in [0, 0.1) is 0 Å². The molecule has 0 fully saturated rings. The largest absolute Gasteiger partial charge is 0.451 e. The minimum atomic E-state index is -0.831. The van der Waals surface area contributed by atoms with Crippen molar-refractivity contribution in [2.75, 3.05) is 5.73 Å². The van der Waals surface area contributed by atoms with Crippen LogP contribution in [0.4, 0.5) is 5.69 Å². The van der Waals surface area contributed by atoms with Crippen LogP contribution < -0.4 is 5.73 Å². The molecule has 0 unspecified atom stereocenters. The summed E-state index contributed by atoms with van der Waals surface area (Å²) < 4.78 is 5.16. The van der Waals surface area contributed by atoms with Crippen LogP contribution in [0.5, 0.6) is 0 Å². The van der Waals surface area contributed by atoms with E-state index in [0.29, 0.717) is 16.8 Å². The summed E-state index contributed by atoms with van der Waals surface area (Å²) in [6.45, 7) is 1.56. The van der Waals surface area contributed by atoms with Gasteiger partial charge in [-0.2, -0.15) is 0 Å². The van der Waals surface area contributed by atoms with E-state index >= 15 is 0 Å². The minimum Gasteiger partial charge on any atom is -0.451 e. The Labute approximate surface area is 117 Å². The number of esters is 1. The molecule has 0 saturated heterocycles. The van der Waals surface area contributed by atoms with Crippen molar-refractivity contribution in [3.63, 3.8) is 0 Å². The maximum atomic E-state index is 12.1. The van der Waals surface area contributed by atoms with Crippen LogP contribution >= 0.6 is 0 Å². The van der Waals surface area contributed by atoms with Gasteiger partial charge in [0.05, 0.1) is 5.56 Å². The van der Waals surface area contributed by atoms with Gasteiger partial charge in [0, 0.05) is 11.3 Å². The quantitative estimate of drug-likeness (QED) is 0.526. The molecule has 0 aromatic heterocycles. The summed E-state index contributed by atoms with van der Waals surface area (Å²) in [4.78, 5) is 24.0. The van der Waals surface area contributed by atoms with E-state index in [4.69, 9.17) is 10.5 Å². The Kier molecular flexibility index (Phi) is 4.15. The molecule has 0 aliphatic heterocycles. The number of ketones is 1. The van der Waals surface area contributed by atoms with Gasteiger partial charge in [-0.3, -0.25) is 4.79 Å². The number of nitrogens with two attached hydrogens (primary N) is 1. The summed E-state index contributed by atoms with van der Waals surface area (Å²) in [7, 11) is 0. The minimum absolute atomic E-state index is 0.227. The van der Waals surface area contributed by atoms with Crippen molar-refractivity contribution in [2.24, 2.45) is 0 Å². The molecule has 0 aliphatic rings. The van der Waals surface area contributed by atoms with Gasteiger partial charge in [-0.05, 0) is 31.2 Å². The number of carbonyl (C=O) groups excluding carboxylic acids is 2. The molecule has 20 heavy (non-hydrogen) atoms. The molecule has 0 bridgehead atoms. The van der Waals surface area contributed by atoms with E-state index in [1.165, 1.54) is 0 Å². The third-order valence-corrected chi connectivity index (χ3v) is 2.86. The monoisotopic (exact) mass is 269 g/mol. The Morgan fingerprint density at radius 2 is 1.55 bits per heavy atom. The van der Waals surface area contributed by atoms with E-state index in [1.54, 1.807) is 55.5 Å². The lowest BCUT2D eigenvalue weighted by molar-refractivity contribution is 0.0319. The fourth-order valence-electron chi connectivity index (χ4n) is 1.74. The topological polar surface area (TPSA) is 69.4 Å². The van der Waals surface area contributed by atoms with E-state index in [0.717, 1.165) is 0 Å². The molecule has 0 heterocycles. The standard InChI is InChI=1S/C16H15NO3/c1-11(15(18)12-5-3-2-4-6-12)20-16(19)13-7-9-14(17)10-8-13/h2-11H,17H2,1H3/t11-/m0/s1. The zero-order valence-corrected chi connectivity index (χ0v) is 11.1. The molecule has 0 aliphatic carbocycles. The van der Waals surface area contributed by atoms with Gasteiger partial charge in [-0.1, -0.05) is 30.3 Å². The van der Waals surface area contributed by atoms with Crippen molar-refractivity contribution in [1.82, 2.24) is 0 Å². The lowest BCUT2D eigenvalue weighted by atomic mass is 10.1. The maximum Gasteiger partial charge on any atom is 0.338 e. The predicted molar refractivity (Wildman–Crippen MR) is 76.5 cm³/mol. The Bertz CT molecular complexity index is 605. The molecule has 1 atom stereocenters. The van der Waals surface area contributed by atoms with E-state index in [-0.39, 0.29) is 5.78 Å². The van der Waals surface area contributed by atoms with Gasteiger partial charge in [0.25, 0.3) is 0 Å². The molecule has 2 rings (SSSR count). The van der Waals surface area contributed by atoms with Gasteiger partial charge < -0.3 is 10.5 Å². The van der Waals surface area contributed by atoms with Crippen LogP contribution in [0.1, 0.15) is 27.6 Å². The van der Waals surface area contributed by atoms with Gasteiger partial charge >= 0.3 is 5.97 Å². The molecule has 2 aromatic rings. The van der Waals surface area contributed by atoms with Crippen LogP contribution in [-0.4, -0.2) is 17.9 Å². The van der Waals surface area contributed by atoms with Crippen molar-refractivity contribution < 1.29 is 14.3 Å². The average molecular weight is 269 g/mol. The van der Waals surface area contributed by atoms with E-state index in [1.807, 2.05) is 6.07 Å². The van der Waals surface area contributed by atoms with Crippen molar-refractivity contribution in [1.29, 1.82) is 0 Å². The Morgan fingerprint density at radius 1 is 0.950 bits per heavy atom. The van der Waals surface area contributed by atoms with Crippen LogP contribution in [-0.2, 0) is 4.74 Å². The predicted octanol–water partition coefficient (Wildman–Crippen LogP) is 2.70. The Morgan fingerprint density at radius 3 is 2.15 bits per heavy atom. The first-order chi connectivity index (χ1) is 9.58. The summed E-state index contributed by atoms with van der Waals surface area (Å²) in [6, 6.07) is 15.1. The molecule has 4 heteroatoms. The highest BCUT2D eigenvalue weighted by molar-refractivity contribution is 6.01. The number of Topliss-reactive ketones (excluding diaryl/α,β-unsaturated/α-hetero) is 1. The highest BCUT2D eigenvalue weighted by atomic mass is 16.5. The molecule has 0 radical (unpaired) electrons. The Balaban J connectivity index is 2.04. The number of hydrogen-bond acceptors (Lipinski definition) is 4. The third-order valence-electron chi connectivity index (χ3n) is 2.86. The van der Waals surface area contributed by atoms with Gasteiger partial charge in [-0.15, -0.1) is 0 Å². The molecule has 2 aromatic carbocycles. The fourth-order valence-corrected chi connectivity index (χ4v) is 1.74. The van der Waals surface area contributed by atoms with Crippen LogP contribution in [0.25, 0.3) is 0 Å². The smallest absolute Gasteiger partial charge is 0.338 e. The number of nitrogen functional groups attached to an aromatic ring is 1. The number of carbonyl (C=O) groups is 2. The van der Waals surface area contributed by atoms with Crippen molar-refractivity contribution in [3.05, 3.63) is 65.7 Å². The highest BCUT2D eigenvalue weighted by Crippen LogP contribution is 2.11. The van der Waals surface area contributed by atoms with Gasteiger partial charge in [0.1, 0.15) is 0 Å². The van der Waals surface area contributed by atoms with Crippen molar-refractivity contribution in [3.8, 4) is 0 Å². The lowest BCUT2D eigenvalue weighted by Crippen LogP contribution is -2.24. The fraction of sp³-hybridized carbons (Fsp3) is 0.125. The summed E-state index contributed by atoms with van der Waals surface area (Å²) in [5.41, 5.74) is 7.00. The molecule has 2 N–H and O–H groups in total. The molecule has 0 spiro atoms. The molecular formula is C16H15NO3. The van der Waals surface area contributed by atoms with Gasteiger partial charge in [-0.25, -0.2) is 4.79 Å². The normalized spacial score (nSPS) is 11.7. The van der Waals surface area contributed by atoms with E-state index in [2.05, 4.69) is 0 Å². The second-order valence-corrected chi connectivity index (χ2v) is 4.40. The summed E-state index contributed by atoms with van der Waals surface area (Å²) in [6.07, 6.45) is -0.831. The Hall–Kier alpha value is -2.62. The third kappa shape index (κ3) is 3.23. The first kappa shape index (κ1) is 13.8. The van der Waals surface area contributed by atoms with Gasteiger partial charge in [0.15, 0.2) is 6.10 Å². The van der Waals surface area contributed by atoms with Crippen molar-refractivity contribution >= 4 is 17.4 Å². The van der Waals surface area contributed by atoms with Crippen LogP contribution in [0.3, 0.4) is 0 Å². The van der Waals surface area contributed by atoms with E-state index in [9.17, 15) is 9.59 Å². The maximum absolute atomic E-state index is 12.1. The molecule has 0 amide bonds. The molecule has 4 nitrogen and oxygen atoms in total. The number of rotatable bonds is 4. The van der Waals surface area contributed by atoms with Gasteiger partial charge in [0.2, 0.25) is 5.78 Å². The van der Waals surface area contributed by atoms with Crippen molar-refractivity contribution in [2.45, 2.75) is 13.0 Å². The molecular weight excluding hydrogens is 254 g/mol. The first-order valence-electron chi connectivity index (χ1n) is 6.23. The summed E-state index contributed by atoms with van der Waals surface area (Å²) in [5.74, 6) is -0.767. The summed E-state index contributed by atoms with van der Waals surface area (Å²) in [5, 5.41) is 0. The zero-order chi connectivity index (χ0) is 14.5. The SMILES string of the molecule is C[C@H](OC(=O)c1ccc(N)cc1)C(=O)c1ccccc1. The lowest BCUT2D eigenvalue weighted by Gasteiger charge is -2.12. The van der Waals surface area contributed by atoms with Crippen LogP contribution in [0.2, 0.25) is 0 Å². The first-order valence-corrected chi connectivity index (χ1v) is 6.23. The summed E-state index contributed by atoms with van der Waals surface area (Å²) >= 11 is 0. The number of benzene rings is 2. The molecule has 102 valence electrons. The highest BCUT2D eigenvalue weighted by Gasteiger charge is 2.19. The van der Waals surface area contributed by atoms with E-state index < -0.39 is 12.1 Å². The average Bonchev–Trinajstić information content (AvgIpc) is 2.48. The molecule has 0 saturated carbocycles. The zero-order valence-electron chi connectivity index (χ0n) is 11.1. The second-order valence-electron chi connectivity index (χ2n) is 4.40.